The summed E-state index contributed by atoms with van der Waals surface area (Å²) in [6.45, 7) is 0. The average molecular weight is 226 g/mol. The molecule has 1 rings (SSSR count). The summed E-state index contributed by atoms with van der Waals surface area (Å²) in [6.07, 6.45) is 0. The second-order valence-corrected chi connectivity index (χ2v) is 2.68. The SMILES string of the molecule is NC1C(=O)NC1CI. The summed E-state index contributed by atoms with van der Waals surface area (Å²) in [5.41, 5.74) is 5.36. The number of alkyl halides is 1. The maximum Gasteiger partial charge on any atom is 0.239 e. The first-order chi connectivity index (χ1) is 3.75. The second-order valence-electron chi connectivity index (χ2n) is 1.80. The predicted octanol–water partition coefficient (Wildman–Crippen LogP) is -0.753. The third-order valence-electron chi connectivity index (χ3n) is 1.23. The van der Waals surface area contributed by atoms with E-state index in [0.717, 1.165) is 4.43 Å². The minimum Gasteiger partial charge on any atom is -0.349 e. The molecule has 0 saturated carbocycles. The molecule has 2 atom stereocenters. The zero-order chi connectivity index (χ0) is 6.15. The molecule has 1 fully saturated rings. The van der Waals surface area contributed by atoms with Crippen molar-refractivity contribution in [3.8, 4) is 0 Å². The van der Waals surface area contributed by atoms with Crippen LogP contribution >= 0.6 is 22.6 Å². The summed E-state index contributed by atoms with van der Waals surface area (Å²) in [5, 5.41) is 2.67. The summed E-state index contributed by atoms with van der Waals surface area (Å²) in [6, 6.07) is -0.0185. The Balaban J connectivity index is 2.35. The van der Waals surface area contributed by atoms with Crippen LogP contribution in [0.25, 0.3) is 0 Å². The smallest absolute Gasteiger partial charge is 0.239 e. The fourth-order valence-corrected chi connectivity index (χ4v) is 1.36. The third-order valence-corrected chi connectivity index (χ3v) is 2.18. The molecule has 0 bridgehead atoms. The number of amides is 1. The Morgan fingerprint density at radius 2 is 2.50 bits per heavy atom. The van der Waals surface area contributed by atoms with Crippen molar-refractivity contribution >= 4 is 28.5 Å². The molecule has 1 aliphatic heterocycles. The van der Waals surface area contributed by atoms with Crippen LogP contribution in [-0.2, 0) is 4.79 Å². The lowest BCUT2D eigenvalue weighted by Crippen LogP contribution is -2.67. The van der Waals surface area contributed by atoms with Crippen molar-refractivity contribution in [2.75, 3.05) is 4.43 Å². The van der Waals surface area contributed by atoms with Crippen LogP contribution in [0.15, 0.2) is 0 Å². The van der Waals surface area contributed by atoms with Crippen molar-refractivity contribution in [1.82, 2.24) is 5.32 Å². The molecule has 46 valence electrons. The number of carbonyl (C=O) groups is 1. The summed E-state index contributed by atoms with van der Waals surface area (Å²) < 4.78 is 0.907. The van der Waals surface area contributed by atoms with Crippen LogP contribution in [0.4, 0.5) is 0 Å². The third kappa shape index (κ3) is 0.818. The molecule has 0 spiro atoms. The van der Waals surface area contributed by atoms with Gasteiger partial charge in [0.2, 0.25) is 5.91 Å². The first kappa shape index (κ1) is 6.28. The van der Waals surface area contributed by atoms with Crippen LogP contribution in [0.5, 0.6) is 0 Å². The Morgan fingerprint density at radius 1 is 1.88 bits per heavy atom. The molecule has 0 aromatic rings. The minimum atomic E-state index is -0.244. The number of hydrogen-bond donors (Lipinski definition) is 2. The first-order valence-corrected chi connectivity index (χ1v) is 3.90. The van der Waals surface area contributed by atoms with E-state index in [1.54, 1.807) is 0 Å². The molecular weight excluding hydrogens is 219 g/mol. The Bertz CT molecular complexity index is 117. The highest BCUT2D eigenvalue weighted by Crippen LogP contribution is 2.05. The summed E-state index contributed by atoms with van der Waals surface area (Å²) >= 11 is 2.20. The molecule has 4 heteroatoms. The number of β-lactam (4-membered cyclic amide) rings is 1. The Hall–Kier alpha value is 0.160. The van der Waals surface area contributed by atoms with E-state index < -0.39 is 0 Å². The van der Waals surface area contributed by atoms with Crippen molar-refractivity contribution in [2.24, 2.45) is 5.73 Å². The summed E-state index contributed by atoms with van der Waals surface area (Å²) in [5.74, 6) is -0.0216. The highest BCUT2D eigenvalue weighted by atomic mass is 127. The van der Waals surface area contributed by atoms with Gasteiger partial charge in [-0.1, -0.05) is 22.6 Å². The van der Waals surface area contributed by atoms with E-state index in [2.05, 4.69) is 27.9 Å². The molecule has 3 N–H and O–H groups in total. The molecular formula is C4H7IN2O. The maximum atomic E-state index is 10.4. The normalized spacial score (nSPS) is 36.0. The van der Waals surface area contributed by atoms with Crippen molar-refractivity contribution in [1.29, 1.82) is 0 Å². The quantitative estimate of drug-likeness (QED) is 0.351. The minimum absolute atomic E-state index is 0.0216. The molecule has 0 aromatic heterocycles. The number of rotatable bonds is 1. The van der Waals surface area contributed by atoms with Gasteiger partial charge in [0.25, 0.3) is 0 Å². The van der Waals surface area contributed by atoms with Gasteiger partial charge >= 0.3 is 0 Å². The molecule has 8 heavy (non-hydrogen) atoms. The number of hydrogen-bond acceptors (Lipinski definition) is 2. The lowest BCUT2D eigenvalue weighted by molar-refractivity contribution is -0.129. The number of nitrogens with one attached hydrogen (secondary N) is 1. The number of carbonyl (C=O) groups excluding carboxylic acids is 1. The largest absolute Gasteiger partial charge is 0.349 e. The van der Waals surface area contributed by atoms with Gasteiger partial charge in [-0.25, -0.2) is 0 Å². The van der Waals surface area contributed by atoms with Crippen LogP contribution < -0.4 is 11.1 Å². The number of nitrogens with two attached hydrogens (primary N) is 1. The van der Waals surface area contributed by atoms with E-state index in [1.807, 2.05) is 0 Å². The summed E-state index contributed by atoms with van der Waals surface area (Å²) in [4.78, 5) is 10.4. The van der Waals surface area contributed by atoms with Gasteiger partial charge in [-0.3, -0.25) is 4.79 Å². The second kappa shape index (κ2) is 2.18. The monoisotopic (exact) mass is 226 g/mol. The van der Waals surface area contributed by atoms with Crippen molar-refractivity contribution < 1.29 is 4.79 Å². The van der Waals surface area contributed by atoms with E-state index in [1.165, 1.54) is 0 Å². The van der Waals surface area contributed by atoms with Gasteiger partial charge in [0.15, 0.2) is 0 Å². The predicted molar refractivity (Wildman–Crippen MR) is 38.8 cm³/mol. The molecule has 0 aliphatic carbocycles. The maximum absolute atomic E-state index is 10.4. The van der Waals surface area contributed by atoms with Crippen LogP contribution in [0.2, 0.25) is 0 Å². The topological polar surface area (TPSA) is 55.1 Å². The van der Waals surface area contributed by atoms with Crippen molar-refractivity contribution in [3.05, 3.63) is 0 Å². The van der Waals surface area contributed by atoms with Crippen LogP contribution in [0, 0.1) is 0 Å². The van der Waals surface area contributed by atoms with Gasteiger partial charge in [-0.15, -0.1) is 0 Å². The van der Waals surface area contributed by atoms with Crippen LogP contribution in [-0.4, -0.2) is 22.4 Å². The molecule has 1 saturated heterocycles. The van der Waals surface area contributed by atoms with Crippen molar-refractivity contribution in [2.45, 2.75) is 12.1 Å². The summed E-state index contributed by atoms with van der Waals surface area (Å²) in [7, 11) is 0. The lowest BCUT2D eigenvalue weighted by Gasteiger charge is -2.32. The van der Waals surface area contributed by atoms with Gasteiger partial charge in [-0.05, 0) is 0 Å². The van der Waals surface area contributed by atoms with Gasteiger partial charge in [0, 0.05) is 4.43 Å². The van der Waals surface area contributed by atoms with Gasteiger partial charge in [-0.2, -0.15) is 0 Å². The Labute approximate surface area is 61.1 Å². The highest BCUT2D eigenvalue weighted by Gasteiger charge is 2.34. The lowest BCUT2D eigenvalue weighted by atomic mass is 10.0. The van der Waals surface area contributed by atoms with Crippen LogP contribution in [0.3, 0.4) is 0 Å². The van der Waals surface area contributed by atoms with Crippen molar-refractivity contribution in [3.63, 3.8) is 0 Å². The van der Waals surface area contributed by atoms with Gasteiger partial charge < -0.3 is 11.1 Å². The number of halogens is 1. The molecule has 0 radical (unpaired) electrons. The van der Waals surface area contributed by atoms with Crippen LogP contribution in [0.1, 0.15) is 0 Å². The first-order valence-electron chi connectivity index (χ1n) is 2.37. The fourth-order valence-electron chi connectivity index (χ4n) is 0.590. The standard InChI is InChI=1S/C4H7IN2O/c5-1-2-3(6)4(8)7-2/h2-3H,1,6H2,(H,7,8). The fraction of sp³-hybridized carbons (Fsp3) is 0.750. The molecule has 1 amide bonds. The van der Waals surface area contributed by atoms with E-state index in [0.29, 0.717) is 0 Å². The van der Waals surface area contributed by atoms with E-state index >= 15 is 0 Å². The zero-order valence-corrected chi connectivity index (χ0v) is 6.38. The molecule has 1 aliphatic rings. The average Bonchev–Trinajstić information content (AvgIpc) is 1.81. The van der Waals surface area contributed by atoms with E-state index in [-0.39, 0.29) is 18.0 Å². The Kier molecular flexibility index (Phi) is 1.71. The zero-order valence-electron chi connectivity index (χ0n) is 4.23. The molecule has 1 heterocycles. The van der Waals surface area contributed by atoms with E-state index in [4.69, 9.17) is 5.73 Å². The Morgan fingerprint density at radius 3 is 2.62 bits per heavy atom. The highest BCUT2D eigenvalue weighted by molar-refractivity contribution is 14.1. The van der Waals surface area contributed by atoms with Gasteiger partial charge in [0.05, 0.1) is 6.04 Å². The van der Waals surface area contributed by atoms with Gasteiger partial charge in [0.1, 0.15) is 6.04 Å². The molecule has 2 unspecified atom stereocenters. The van der Waals surface area contributed by atoms with E-state index in [9.17, 15) is 4.79 Å². The molecule has 0 aromatic carbocycles. The molecule has 3 nitrogen and oxygen atoms in total.